The Labute approximate surface area is 117 Å². The molecule has 1 aliphatic carbocycles. The zero-order valence-electron chi connectivity index (χ0n) is 12.7. The van der Waals surface area contributed by atoms with Gasteiger partial charge in [-0.05, 0) is 58.0 Å². The van der Waals surface area contributed by atoms with Crippen molar-refractivity contribution in [1.29, 1.82) is 0 Å². The van der Waals surface area contributed by atoms with Gasteiger partial charge >= 0.3 is 5.97 Å². The van der Waals surface area contributed by atoms with E-state index >= 15 is 0 Å². The molecule has 0 saturated heterocycles. The Morgan fingerprint density at radius 1 is 1.32 bits per heavy atom. The lowest BCUT2D eigenvalue weighted by Crippen LogP contribution is -2.51. The number of rotatable bonds is 11. The Balaban J connectivity index is 2.44. The minimum absolute atomic E-state index is 0.676. The van der Waals surface area contributed by atoms with Gasteiger partial charge in [0.1, 0.15) is 5.54 Å². The monoisotopic (exact) mass is 270 g/mol. The second kappa shape index (κ2) is 7.85. The molecule has 1 rings (SSSR count). The third-order valence-electron chi connectivity index (χ3n) is 3.92. The van der Waals surface area contributed by atoms with Gasteiger partial charge in [-0.2, -0.15) is 0 Å². The summed E-state index contributed by atoms with van der Waals surface area (Å²) in [6.07, 6.45) is 5.48. The standard InChI is InChI=1S/C15H30N2O2/c1-4-9-16-15(3,14(18)19)8-11-17(10-5-2)12-13-6-7-13/h13,16H,4-12H2,1-3H3,(H,18,19). The zero-order chi connectivity index (χ0) is 14.3. The first-order valence-corrected chi connectivity index (χ1v) is 7.72. The van der Waals surface area contributed by atoms with Crippen LogP contribution in [0.1, 0.15) is 52.9 Å². The molecule has 0 radical (unpaired) electrons. The quantitative estimate of drug-likeness (QED) is 0.605. The van der Waals surface area contributed by atoms with Gasteiger partial charge < -0.3 is 15.3 Å². The highest BCUT2D eigenvalue weighted by Gasteiger charge is 2.33. The largest absolute Gasteiger partial charge is 0.480 e. The Morgan fingerprint density at radius 2 is 2.00 bits per heavy atom. The van der Waals surface area contributed by atoms with Crippen LogP contribution in [0.25, 0.3) is 0 Å². The summed E-state index contributed by atoms with van der Waals surface area (Å²) in [5.41, 5.74) is -0.786. The van der Waals surface area contributed by atoms with Gasteiger partial charge in [0.15, 0.2) is 0 Å². The van der Waals surface area contributed by atoms with E-state index < -0.39 is 11.5 Å². The summed E-state index contributed by atoms with van der Waals surface area (Å²) in [6.45, 7) is 9.93. The Hall–Kier alpha value is -0.610. The van der Waals surface area contributed by atoms with E-state index in [0.29, 0.717) is 6.42 Å². The van der Waals surface area contributed by atoms with Gasteiger partial charge in [0, 0.05) is 13.1 Å². The summed E-state index contributed by atoms with van der Waals surface area (Å²) in [4.78, 5) is 13.9. The zero-order valence-corrected chi connectivity index (χ0v) is 12.7. The van der Waals surface area contributed by atoms with E-state index in [1.165, 1.54) is 12.8 Å². The highest BCUT2D eigenvalue weighted by molar-refractivity contribution is 5.78. The number of nitrogens with zero attached hydrogens (tertiary/aromatic N) is 1. The number of nitrogens with one attached hydrogen (secondary N) is 1. The van der Waals surface area contributed by atoms with Crippen LogP contribution in [-0.4, -0.2) is 47.7 Å². The average molecular weight is 270 g/mol. The molecule has 0 bridgehead atoms. The van der Waals surface area contributed by atoms with Crippen LogP contribution in [0.15, 0.2) is 0 Å². The second-order valence-electron chi connectivity index (χ2n) is 6.06. The number of carboxylic acids is 1. The number of hydrogen-bond acceptors (Lipinski definition) is 3. The molecule has 1 saturated carbocycles. The van der Waals surface area contributed by atoms with E-state index in [1.54, 1.807) is 0 Å². The molecule has 0 spiro atoms. The molecule has 0 aromatic rings. The van der Waals surface area contributed by atoms with Crippen molar-refractivity contribution in [2.45, 2.75) is 58.4 Å². The SMILES string of the molecule is CCCNC(C)(CCN(CCC)CC1CC1)C(=O)O. The van der Waals surface area contributed by atoms with Crippen molar-refractivity contribution in [1.82, 2.24) is 10.2 Å². The first-order chi connectivity index (χ1) is 9.01. The fourth-order valence-corrected chi connectivity index (χ4v) is 2.33. The lowest BCUT2D eigenvalue weighted by atomic mass is 9.97. The maximum Gasteiger partial charge on any atom is 0.323 e. The molecule has 0 amide bonds. The van der Waals surface area contributed by atoms with E-state index in [4.69, 9.17) is 0 Å². The fraction of sp³-hybridized carbons (Fsp3) is 0.933. The van der Waals surface area contributed by atoms with Crippen LogP contribution in [0.5, 0.6) is 0 Å². The van der Waals surface area contributed by atoms with E-state index in [2.05, 4.69) is 24.1 Å². The lowest BCUT2D eigenvalue weighted by molar-refractivity contribution is -0.144. The van der Waals surface area contributed by atoms with Gasteiger partial charge in [-0.3, -0.25) is 4.79 Å². The van der Waals surface area contributed by atoms with Crippen molar-refractivity contribution in [2.24, 2.45) is 5.92 Å². The van der Waals surface area contributed by atoms with Crippen LogP contribution in [0, 0.1) is 5.92 Å². The van der Waals surface area contributed by atoms with E-state index in [9.17, 15) is 9.90 Å². The molecule has 1 aliphatic rings. The topological polar surface area (TPSA) is 52.6 Å². The Bertz CT molecular complexity index is 279. The summed E-state index contributed by atoms with van der Waals surface area (Å²) in [6, 6.07) is 0. The minimum Gasteiger partial charge on any atom is -0.480 e. The summed E-state index contributed by atoms with van der Waals surface area (Å²) in [5, 5.41) is 12.6. The number of carboxylic acid groups (broad SMARTS) is 1. The van der Waals surface area contributed by atoms with Crippen LogP contribution in [0.3, 0.4) is 0 Å². The van der Waals surface area contributed by atoms with Crippen LogP contribution in [-0.2, 0) is 4.79 Å². The predicted molar refractivity (Wildman–Crippen MR) is 78.4 cm³/mol. The molecule has 1 unspecified atom stereocenters. The van der Waals surface area contributed by atoms with Gasteiger partial charge in [0.2, 0.25) is 0 Å². The van der Waals surface area contributed by atoms with Crippen molar-refractivity contribution >= 4 is 5.97 Å². The van der Waals surface area contributed by atoms with Gasteiger partial charge in [-0.1, -0.05) is 13.8 Å². The molecular weight excluding hydrogens is 240 g/mol. The van der Waals surface area contributed by atoms with E-state index in [-0.39, 0.29) is 0 Å². The summed E-state index contributed by atoms with van der Waals surface area (Å²) < 4.78 is 0. The van der Waals surface area contributed by atoms with Crippen LogP contribution in [0.4, 0.5) is 0 Å². The van der Waals surface area contributed by atoms with Crippen LogP contribution in [0.2, 0.25) is 0 Å². The Kier molecular flexibility index (Phi) is 6.80. The van der Waals surface area contributed by atoms with Gasteiger partial charge in [0.25, 0.3) is 0 Å². The molecule has 2 N–H and O–H groups in total. The molecule has 19 heavy (non-hydrogen) atoms. The van der Waals surface area contributed by atoms with Gasteiger partial charge in [-0.15, -0.1) is 0 Å². The van der Waals surface area contributed by atoms with Crippen LogP contribution < -0.4 is 5.32 Å². The normalized spacial score (nSPS) is 18.5. The van der Waals surface area contributed by atoms with Gasteiger partial charge in [-0.25, -0.2) is 0 Å². The van der Waals surface area contributed by atoms with Crippen LogP contribution >= 0.6 is 0 Å². The smallest absolute Gasteiger partial charge is 0.323 e. The molecule has 4 nitrogen and oxygen atoms in total. The number of carbonyl (C=O) groups is 1. The minimum atomic E-state index is -0.786. The maximum absolute atomic E-state index is 11.5. The van der Waals surface area contributed by atoms with Crippen molar-refractivity contribution in [3.8, 4) is 0 Å². The van der Waals surface area contributed by atoms with Crippen molar-refractivity contribution in [2.75, 3.05) is 26.2 Å². The molecule has 1 fully saturated rings. The number of aliphatic carboxylic acids is 1. The first-order valence-electron chi connectivity index (χ1n) is 7.72. The molecule has 1 atom stereocenters. The van der Waals surface area contributed by atoms with Crippen molar-refractivity contribution in [3.05, 3.63) is 0 Å². The highest BCUT2D eigenvalue weighted by Crippen LogP contribution is 2.30. The van der Waals surface area contributed by atoms with Crippen molar-refractivity contribution in [3.63, 3.8) is 0 Å². The summed E-state index contributed by atoms with van der Waals surface area (Å²) in [7, 11) is 0. The number of hydrogen-bond donors (Lipinski definition) is 2. The predicted octanol–water partition coefficient (Wildman–Crippen LogP) is 2.34. The Morgan fingerprint density at radius 3 is 2.47 bits per heavy atom. The molecule has 0 aliphatic heterocycles. The summed E-state index contributed by atoms with van der Waals surface area (Å²) >= 11 is 0. The highest BCUT2D eigenvalue weighted by atomic mass is 16.4. The molecular formula is C15H30N2O2. The molecule has 0 aromatic heterocycles. The summed E-state index contributed by atoms with van der Waals surface area (Å²) in [5.74, 6) is 0.134. The maximum atomic E-state index is 11.5. The molecule has 4 heteroatoms. The van der Waals surface area contributed by atoms with E-state index in [0.717, 1.165) is 44.9 Å². The molecule has 0 heterocycles. The molecule has 112 valence electrons. The second-order valence-corrected chi connectivity index (χ2v) is 6.06. The first kappa shape index (κ1) is 16.4. The van der Waals surface area contributed by atoms with Gasteiger partial charge in [0.05, 0.1) is 0 Å². The van der Waals surface area contributed by atoms with Crippen molar-refractivity contribution < 1.29 is 9.90 Å². The van der Waals surface area contributed by atoms with E-state index in [1.807, 2.05) is 6.92 Å². The lowest BCUT2D eigenvalue weighted by Gasteiger charge is -2.30. The third-order valence-corrected chi connectivity index (χ3v) is 3.92. The molecule has 0 aromatic carbocycles. The average Bonchev–Trinajstić information content (AvgIpc) is 3.17. The fourth-order valence-electron chi connectivity index (χ4n) is 2.33. The third kappa shape index (κ3) is 5.91.